The molecule has 0 radical (unpaired) electrons. The predicted octanol–water partition coefficient (Wildman–Crippen LogP) is 5.72. The largest absolute Gasteiger partial charge is 0.494 e. The van der Waals surface area contributed by atoms with Crippen molar-refractivity contribution in [2.24, 2.45) is 0 Å². The van der Waals surface area contributed by atoms with Gasteiger partial charge in [-0.1, -0.05) is 44.2 Å². The van der Waals surface area contributed by atoms with Gasteiger partial charge in [0.15, 0.2) is 0 Å². The van der Waals surface area contributed by atoms with Crippen LogP contribution < -0.4 is 14.4 Å². The van der Waals surface area contributed by atoms with Gasteiger partial charge in [-0.25, -0.2) is 8.42 Å². The van der Waals surface area contributed by atoms with Gasteiger partial charge in [0.2, 0.25) is 11.8 Å². The Bertz CT molecular complexity index is 1400. The lowest BCUT2D eigenvalue weighted by molar-refractivity contribution is -0.140. The number of ether oxygens (including phenoxy) is 1. The zero-order chi connectivity index (χ0) is 30.7. The molecule has 8 nitrogen and oxygen atoms in total. The zero-order valence-corrected chi connectivity index (χ0v) is 26.6. The Morgan fingerprint density at radius 2 is 1.55 bits per heavy atom. The number of rotatable bonds is 15. The van der Waals surface area contributed by atoms with Crippen molar-refractivity contribution in [3.63, 3.8) is 0 Å². The summed E-state index contributed by atoms with van der Waals surface area (Å²) >= 11 is 1.51. The Hall–Kier alpha value is -3.50. The van der Waals surface area contributed by atoms with E-state index in [1.165, 1.54) is 16.7 Å². The van der Waals surface area contributed by atoms with E-state index in [4.69, 9.17) is 4.74 Å². The molecule has 0 aliphatic heterocycles. The van der Waals surface area contributed by atoms with E-state index in [-0.39, 0.29) is 23.4 Å². The second-order valence-electron chi connectivity index (χ2n) is 9.86. The van der Waals surface area contributed by atoms with Gasteiger partial charge in [-0.15, -0.1) is 11.8 Å². The molecule has 42 heavy (non-hydrogen) atoms. The van der Waals surface area contributed by atoms with E-state index in [2.05, 4.69) is 5.32 Å². The van der Waals surface area contributed by atoms with Crippen LogP contribution in [0, 0.1) is 0 Å². The average Bonchev–Trinajstić information content (AvgIpc) is 3.00. The first-order valence-electron chi connectivity index (χ1n) is 14.2. The average molecular weight is 612 g/mol. The Morgan fingerprint density at radius 3 is 2.10 bits per heavy atom. The monoisotopic (exact) mass is 611 g/mol. The number of hydrogen-bond donors (Lipinski definition) is 1. The molecule has 0 aliphatic carbocycles. The molecule has 1 N–H and O–H groups in total. The molecule has 0 saturated heterocycles. The Morgan fingerprint density at radius 1 is 0.905 bits per heavy atom. The van der Waals surface area contributed by atoms with Crippen molar-refractivity contribution in [3.8, 4) is 5.75 Å². The standard InChI is InChI=1S/C32H41N3O5S2/c1-6-24(4)33-32(37)30(7-2)34(22-25-12-10-9-11-13-25)31(36)23-35(26-14-16-27(17-15-26)40-8-3)42(38,39)29-20-18-28(41-5)19-21-29/h9-21,24,30H,6-8,22-23H2,1-5H3,(H,33,37)/t24-,30+/m1/s1. The van der Waals surface area contributed by atoms with Gasteiger partial charge in [0.25, 0.3) is 10.0 Å². The SMILES string of the molecule is CCOc1ccc(N(CC(=O)N(Cc2ccccc2)[C@@H](CC)C(=O)N[C@H](C)CC)S(=O)(=O)c2ccc(SC)cc2)cc1. The first-order chi connectivity index (χ1) is 20.1. The van der Waals surface area contributed by atoms with Crippen LogP contribution in [0.4, 0.5) is 5.69 Å². The highest BCUT2D eigenvalue weighted by Crippen LogP contribution is 2.28. The molecule has 2 amide bonds. The van der Waals surface area contributed by atoms with Crippen LogP contribution in [-0.4, -0.2) is 56.6 Å². The van der Waals surface area contributed by atoms with Gasteiger partial charge in [-0.3, -0.25) is 13.9 Å². The van der Waals surface area contributed by atoms with Gasteiger partial charge < -0.3 is 15.0 Å². The summed E-state index contributed by atoms with van der Waals surface area (Å²) in [7, 11) is -4.15. The summed E-state index contributed by atoms with van der Waals surface area (Å²) in [4.78, 5) is 30.0. The van der Waals surface area contributed by atoms with Gasteiger partial charge in [-0.05, 0) is 87.0 Å². The van der Waals surface area contributed by atoms with Gasteiger partial charge in [0.1, 0.15) is 18.3 Å². The fourth-order valence-electron chi connectivity index (χ4n) is 4.42. The predicted molar refractivity (Wildman–Crippen MR) is 169 cm³/mol. The Kier molecular flexibility index (Phi) is 12.3. The van der Waals surface area contributed by atoms with Crippen LogP contribution in [0.2, 0.25) is 0 Å². The molecule has 10 heteroatoms. The third-order valence-corrected chi connectivity index (χ3v) is 9.48. The molecule has 3 aromatic rings. The molecule has 226 valence electrons. The molecule has 0 spiro atoms. The molecular weight excluding hydrogens is 571 g/mol. The number of amides is 2. The van der Waals surface area contributed by atoms with E-state index < -0.39 is 28.5 Å². The minimum Gasteiger partial charge on any atom is -0.494 e. The van der Waals surface area contributed by atoms with Crippen LogP contribution in [0.15, 0.2) is 88.7 Å². The maximum Gasteiger partial charge on any atom is 0.264 e. The molecule has 0 aromatic heterocycles. The lowest BCUT2D eigenvalue weighted by atomic mass is 10.1. The molecule has 0 saturated carbocycles. The number of carbonyl (C=O) groups excluding carboxylic acids is 2. The highest BCUT2D eigenvalue weighted by molar-refractivity contribution is 7.98. The Labute approximate surface area is 254 Å². The van der Waals surface area contributed by atoms with Crippen molar-refractivity contribution in [2.45, 2.75) is 69.0 Å². The van der Waals surface area contributed by atoms with E-state index in [9.17, 15) is 18.0 Å². The van der Waals surface area contributed by atoms with Crippen molar-refractivity contribution in [2.75, 3.05) is 23.7 Å². The number of nitrogens with one attached hydrogen (secondary N) is 1. The van der Waals surface area contributed by atoms with E-state index >= 15 is 0 Å². The van der Waals surface area contributed by atoms with Gasteiger partial charge >= 0.3 is 0 Å². The number of anilines is 1. The molecule has 0 bridgehead atoms. The summed E-state index contributed by atoms with van der Waals surface area (Å²) in [5.74, 6) is -0.157. The summed E-state index contributed by atoms with van der Waals surface area (Å²) in [5.41, 5.74) is 1.15. The first kappa shape index (κ1) is 33.0. The maximum absolute atomic E-state index is 14.2. The van der Waals surface area contributed by atoms with Crippen LogP contribution >= 0.6 is 11.8 Å². The molecule has 2 atom stereocenters. The Balaban J connectivity index is 2.05. The van der Waals surface area contributed by atoms with Crippen LogP contribution in [-0.2, 0) is 26.2 Å². The van der Waals surface area contributed by atoms with Gasteiger partial charge in [0.05, 0.1) is 17.2 Å². The zero-order valence-electron chi connectivity index (χ0n) is 24.9. The molecule has 0 fully saturated rings. The number of nitrogens with zero attached hydrogens (tertiary/aromatic N) is 2. The smallest absolute Gasteiger partial charge is 0.264 e. The van der Waals surface area contributed by atoms with Crippen molar-refractivity contribution >= 4 is 39.3 Å². The lowest BCUT2D eigenvalue weighted by Crippen LogP contribution is -2.53. The van der Waals surface area contributed by atoms with Gasteiger partial charge in [-0.2, -0.15) is 0 Å². The fourth-order valence-corrected chi connectivity index (χ4v) is 6.24. The van der Waals surface area contributed by atoms with Crippen LogP contribution in [0.5, 0.6) is 5.75 Å². The van der Waals surface area contributed by atoms with Crippen molar-refractivity contribution < 1.29 is 22.7 Å². The molecule has 0 aliphatic rings. The summed E-state index contributed by atoms with van der Waals surface area (Å²) in [6.07, 6.45) is 3.03. The lowest BCUT2D eigenvalue weighted by Gasteiger charge is -2.33. The second-order valence-corrected chi connectivity index (χ2v) is 12.6. The minimum atomic E-state index is -4.15. The van der Waals surface area contributed by atoms with Crippen LogP contribution in [0.3, 0.4) is 0 Å². The van der Waals surface area contributed by atoms with Crippen LogP contribution in [0.1, 0.15) is 46.1 Å². The molecule has 3 aromatic carbocycles. The fraction of sp³-hybridized carbons (Fsp3) is 0.375. The second kappa shape index (κ2) is 15.7. The number of carbonyl (C=O) groups is 2. The number of thioether (sulfide) groups is 1. The topological polar surface area (TPSA) is 96.0 Å². The number of benzene rings is 3. The summed E-state index contributed by atoms with van der Waals surface area (Å²) in [6.45, 7) is 7.74. The van der Waals surface area contributed by atoms with Crippen molar-refractivity contribution in [1.82, 2.24) is 10.2 Å². The first-order valence-corrected chi connectivity index (χ1v) is 16.8. The van der Waals surface area contributed by atoms with Crippen molar-refractivity contribution in [1.29, 1.82) is 0 Å². The molecule has 0 heterocycles. The molecule has 3 rings (SSSR count). The highest BCUT2D eigenvalue weighted by Gasteiger charge is 2.34. The summed E-state index contributed by atoms with van der Waals surface area (Å²) < 4.78 is 34.8. The van der Waals surface area contributed by atoms with E-state index in [0.29, 0.717) is 24.5 Å². The molecular formula is C32H41N3O5S2. The van der Waals surface area contributed by atoms with E-state index in [1.54, 1.807) is 48.5 Å². The van der Waals surface area contributed by atoms with E-state index in [0.717, 1.165) is 21.2 Å². The molecule has 0 unspecified atom stereocenters. The van der Waals surface area contributed by atoms with Crippen molar-refractivity contribution in [3.05, 3.63) is 84.4 Å². The van der Waals surface area contributed by atoms with Gasteiger partial charge in [0, 0.05) is 17.5 Å². The highest BCUT2D eigenvalue weighted by atomic mass is 32.2. The normalized spacial score (nSPS) is 12.7. The maximum atomic E-state index is 14.2. The third-order valence-electron chi connectivity index (χ3n) is 6.94. The number of hydrogen-bond acceptors (Lipinski definition) is 6. The quantitative estimate of drug-likeness (QED) is 0.221. The minimum absolute atomic E-state index is 0.0646. The van der Waals surface area contributed by atoms with Crippen LogP contribution in [0.25, 0.3) is 0 Å². The summed E-state index contributed by atoms with van der Waals surface area (Å²) in [6, 6.07) is 21.7. The van der Waals surface area contributed by atoms with E-state index in [1.807, 2.05) is 64.3 Å². The number of sulfonamides is 1. The summed E-state index contributed by atoms with van der Waals surface area (Å²) in [5, 5.41) is 2.99. The third kappa shape index (κ3) is 8.51.